The van der Waals surface area contributed by atoms with Crippen molar-refractivity contribution in [2.24, 2.45) is 0 Å². The number of aromatic amines is 1. The lowest BCUT2D eigenvalue weighted by Crippen LogP contribution is -1.94. The number of fused-ring (bicyclic) bond motifs is 1. The van der Waals surface area contributed by atoms with E-state index in [2.05, 4.69) is 15.1 Å². The van der Waals surface area contributed by atoms with Crippen LogP contribution in [0.25, 0.3) is 28.3 Å². The van der Waals surface area contributed by atoms with E-state index in [0.717, 1.165) is 28.3 Å². The molecule has 0 aliphatic heterocycles. The Balaban J connectivity index is 1.91. The molecular formula is C17H12N4S. The van der Waals surface area contributed by atoms with Gasteiger partial charge in [-0.25, -0.2) is 9.50 Å². The van der Waals surface area contributed by atoms with Gasteiger partial charge in [0.25, 0.3) is 0 Å². The summed E-state index contributed by atoms with van der Waals surface area (Å²) in [4.78, 5) is 9.04. The Morgan fingerprint density at radius 2 is 1.73 bits per heavy atom. The van der Waals surface area contributed by atoms with Crippen LogP contribution < -0.4 is 0 Å². The van der Waals surface area contributed by atoms with E-state index in [1.165, 1.54) is 0 Å². The minimum Gasteiger partial charge on any atom is -0.289 e. The minimum atomic E-state index is 0.686. The largest absolute Gasteiger partial charge is 0.289 e. The highest BCUT2D eigenvalue weighted by molar-refractivity contribution is 7.71. The summed E-state index contributed by atoms with van der Waals surface area (Å²) >= 11 is 5.48. The molecule has 22 heavy (non-hydrogen) atoms. The zero-order valence-electron chi connectivity index (χ0n) is 11.6. The first-order chi connectivity index (χ1) is 10.8. The van der Waals surface area contributed by atoms with Gasteiger partial charge >= 0.3 is 0 Å². The molecule has 0 fully saturated rings. The average Bonchev–Trinajstić information content (AvgIpc) is 3.01. The lowest BCUT2D eigenvalue weighted by molar-refractivity contribution is 0.927. The summed E-state index contributed by atoms with van der Waals surface area (Å²) in [5.41, 5.74) is 4.47. The van der Waals surface area contributed by atoms with E-state index in [4.69, 9.17) is 12.2 Å². The second-order valence-electron chi connectivity index (χ2n) is 4.92. The third-order valence-corrected chi connectivity index (χ3v) is 3.76. The average molecular weight is 304 g/mol. The van der Waals surface area contributed by atoms with Crippen LogP contribution in [0.1, 0.15) is 0 Å². The van der Waals surface area contributed by atoms with E-state index < -0.39 is 0 Å². The number of H-pyrrole nitrogens is 1. The van der Waals surface area contributed by atoms with Crippen LogP contribution in [0.4, 0.5) is 0 Å². The van der Waals surface area contributed by atoms with Crippen LogP contribution in [-0.2, 0) is 0 Å². The summed E-state index contributed by atoms with van der Waals surface area (Å²) in [5, 5.41) is 3.25. The molecule has 0 aliphatic rings. The van der Waals surface area contributed by atoms with E-state index in [0.29, 0.717) is 4.64 Å². The van der Waals surface area contributed by atoms with Crippen molar-refractivity contribution in [2.75, 3.05) is 0 Å². The van der Waals surface area contributed by atoms with Crippen molar-refractivity contribution >= 4 is 17.9 Å². The maximum atomic E-state index is 5.48. The molecule has 0 radical (unpaired) electrons. The van der Waals surface area contributed by atoms with Crippen molar-refractivity contribution in [3.63, 3.8) is 0 Å². The highest BCUT2D eigenvalue weighted by atomic mass is 32.1. The highest BCUT2D eigenvalue weighted by Gasteiger charge is 2.08. The molecule has 4 aromatic rings. The molecule has 0 spiro atoms. The second kappa shape index (κ2) is 5.20. The van der Waals surface area contributed by atoms with Crippen molar-refractivity contribution in [1.82, 2.24) is 19.6 Å². The van der Waals surface area contributed by atoms with Crippen LogP contribution in [0.2, 0.25) is 0 Å². The zero-order valence-corrected chi connectivity index (χ0v) is 12.4. The molecule has 3 aromatic heterocycles. The molecule has 0 saturated heterocycles. The van der Waals surface area contributed by atoms with Gasteiger partial charge in [-0.15, -0.1) is 0 Å². The van der Waals surface area contributed by atoms with E-state index in [1.807, 2.05) is 60.7 Å². The normalized spacial score (nSPS) is 10.9. The van der Waals surface area contributed by atoms with Gasteiger partial charge in [0, 0.05) is 23.9 Å². The lowest BCUT2D eigenvalue weighted by atomic mass is 10.1. The number of benzene rings is 1. The van der Waals surface area contributed by atoms with Gasteiger partial charge in [-0.3, -0.25) is 10.1 Å². The Hall–Kier alpha value is -2.79. The van der Waals surface area contributed by atoms with Gasteiger partial charge in [0.15, 0.2) is 5.65 Å². The van der Waals surface area contributed by atoms with E-state index >= 15 is 0 Å². The summed E-state index contributed by atoms with van der Waals surface area (Å²) in [6.45, 7) is 0. The van der Waals surface area contributed by atoms with Gasteiger partial charge in [-0.05, 0) is 12.1 Å². The fourth-order valence-corrected chi connectivity index (χ4v) is 2.65. The van der Waals surface area contributed by atoms with Crippen molar-refractivity contribution in [1.29, 1.82) is 0 Å². The number of nitrogens with one attached hydrogen (secondary N) is 1. The number of hydrogen-bond donors (Lipinski definition) is 1. The summed E-state index contributed by atoms with van der Waals surface area (Å²) in [7, 11) is 0. The quantitative estimate of drug-likeness (QED) is 0.567. The number of hydrogen-bond acceptors (Lipinski definition) is 3. The standard InChI is InChI=1S/C17H12N4S/c22-17-11-14(12-6-2-1-3-7-12)19-16-10-15(20-21(16)17)13-8-4-5-9-18-13/h1-11,20H. The zero-order chi connectivity index (χ0) is 14.9. The molecule has 106 valence electrons. The number of aromatic nitrogens is 4. The Kier molecular flexibility index (Phi) is 3.05. The fraction of sp³-hybridized carbons (Fsp3) is 0. The van der Waals surface area contributed by atoms with Crippen molar-refractivity contribution < 1.29 is 0 Å². The Bertz CT molecular complexity index is 988. The Morgan fingerprint density at radius 1 is 0.909 bits per heavy atom. The Labute approximate surface area is 132 Å². The molecular weight excluding hydrogens is 292 g/mol. The minimum absolute atomic E-state index is 0.686. The molecule has 1 aromatic carbocycles. The molecule has 3 heterocycles. The number of nitrogens with zero attached hydrogens (tertiary/aromatic N) is 3. The van der Waals surface area contributed by atoms with Crippen LogP contribution in [0.15, 0.2) is 66.9 Å². The maximum absolute atomic E-state index is 5.48. The van der Waals surface area contributed by atoms with Crippen molar-refractivity contribution in [3.8, 4) is 22.6 Å². The molecule has 4 nitrogen and oxygen atoms in total. The second-order valence-corrected chi connectivity index (χ2v) is 5.34. The summed E-state index contributed by atoms with van der Waals surface area (Å²) in [6, 6.07) is 19.7. The number of rotatable bonds is 2. The molecule has 0 aliphatic carbocycles. The van der Waals surface area contributed by atoms with Gasteiger partial charge in [0.1, 0.15) is 4.64 Å². The fourth-order valence-electron chi connectivity index (χ4n) is 2.40. The predicted octanol–water partition coefficient (Wildman–Crippen LogP) is 4.12. The summed E-state index contributed by atoms with van der Waals surface area (Å²) in [6.07, 6.45) is 1.77. The van der Waals surface area contributed by atoms with E-state index in [-0.39, 0.29) is 0 Å². The van der Waals surface area contributed by atoms with Crippen LogP contribution in [0, 0.1) is 4.64 Å². The predicted molar refractivity (Wildman–Crippen MR) is 89.0 cm³/mol. The molecule has 1 N–H and O–H groups in total. The van der Waals surface area contributed by atoms with Crippen LogP contribution in [0.3, 0.4) is 0 Å². The van der Waals surface area contributed by atoms with Crippen LogP contribution >= 0.6 is 12.2 Å². The lowest BCUT2D eigenvalue weighted by Gasteiger charge is -2.01. The van der Waals surface area contributed by atoms with E-state index in [1.54, 1.807) is 10.7 Å². The van der Waals surface area contributed by atoms with Gasteiger partial charge in [0.2, 0.25) is 0 Å². The van der Waals surface area contributed by atoms with Crippen molar-refractivity contribution in [2.45, 2.75) is 0 Å². The van der Waals surface area contributed by atoms with Gasteiger partial charge in [0.05, 0.1) is 17.1 Å². The SMILES string of the molecule is S=c1cc(-c2ccccc2)nc2cc(-c3ccccn3)[nH]n12. The van der Waals surface area contributed by atoms with Gasteiger partial charge < -0.3 is 0 Å². The topological polar surface area (TPSA) is 46.0 Å². The van der Waals surface area contributed by atoms with Crippen LogP contribution in [-0.4, -0.2) is 19.6 Å². The number of pyridine rings is 1. The summed E-state index contributed by atoms with van der Waals surface area (Å²) in [5.74, 6) is 0. The third kappa shape index (κ3) is 2.21. The molecule has 0 saturated carbocycles. The third-order valence-electron chi connectivity index (χ3n) is 3.46. The smallest absolute Gasteiger partial charge is 0.155 e. The van der Waals surface area contributed by atoms with Crippen LogP contribution in [0.5, 0.6) is 0 Å². The molecule has 0 atom stereocenters. The van der Waals surface area contributed by atoms with E-state index in [9.17, 15) is 0 Å². The van der Waals surface area contributed by atoms with Gasteiger partial charge in [-0.2, -0.15) is 0 Å². The first-order valence-corrected chi connectivity index (χ1v) is 7.32. The molecule has 0 amide bonds. The highest BCUT2D eigenvalue weighted by Crippen LogP contribution is 2.21. The first-order valence-electron chi connectivity index (χ1n) is 6.91. The molecule has 0 unspecified atom stereocenters. The molecule has 5 heteroatoms. The Morgan fingerprint density at radius 3 is 2.50 bits per heavy atom. The van der Waals surface area contributed by atoms with Crippen molar-refractivity contribution in [3.05, 3.63) is 71.5 Å². The first kappa shape index (κ1) is 12.9. The maximum Gasteiger partial charge on any atom is 0.155 e. The van der Waals surface area contributed by atoms with Gasteiger partial charge in [-0.1, -0.05) is 48.6 Å². The monoisotopic (exact) mass is 304 g/mol. The summed E-state index contributed by atoms with van der Waals surface area (Å²) < 4.78 is 2.48. The molecule has 0 bridgehead atoms. The molecule has 4 rings (SSSR count).